The average molecular weight is 326 g/mol. The Hall–Kier alpha value is -1.94. The number of hydrogen-bond acceptors (Lipinski definition) is 8. The molecule has 2 aromatic heterocycles. The number of hydrogen-bond donors (Lipinski definition) is 1. The molecule has 0 saturated heterocycles. The molecule has 1 N–H and O–H groups in total. The minimum Gasteiger partial charge on any atom is -0.493 e. The summed E-state index contributed by atoms with van der Waals surface area (Å²) in [6, 6.07) is 0. The van der Waals surface area contributed by atoms with Crippen LogP contribution in [0.2, 0.25) is 0 Å². The van der Waals surface area contributed by atoms with Crippen molar-refractivity contribution in [1.82, 2.24) is 19.3 Å². The van der Waals surface area contributed by atoms with Gasteiger partial charge >= 0.3 is 0 Å². The summed E-state index contributed by atoms with van der Waals surface area (Å²) in [5, 5.41) is 26.5. The molecule has 0 aliphatic rings. The summed E-state index contributed by atoms with van der Waals surface area (Å²) in [4.78, 5) is 12.3. The summed E-state index contributed by atoms with van der Waals surface area (Å²) in [6.07, 6.45) is 0. The van der Waals surface area contributed by atoms with Crippen LogP contribution in [0.4, 0.5) is 10.8 Å². The van der Waals surface area contributed by atoms with Gasteiger partial charge in [0, 0.05) is 13.1 Å². The number of rotatable bonds is 4. The van der Waals surface area contributed by atoms with Crippen LogP contribution in [0.3, 0.4) is 0 Å². The van der Waals surface area contributed by atoms with Crippen LogP contribution in [0.15, 0.2) is 15.0 Å². The summed E-state index contributed by atoms with van der Waals surface area (Å²) in [6.45, 7) is 6.21. The standard InChI is InChI=1S/C11H14N6O2S2/c1-4-16-8(18)7(9(19)17(5-2)11(16)20)13-15-10-14-12-6(3)21-10/h18H,4-5H2,1-3H3. The molecule has 0 aliphatic carbocycles. The van der Waals surface area contributed by atoms with E-state index in [0.29, 0.717) is 18.2 Å². The Morgan fingerprint density at radius 3 is 2.43 bits per heavy atom. The van der Waals surface area contributed by atoms with Crippen molar-refractivity contribution in [3.63, 3.8) is 0 Å². The zero-order valence-electron chi connectivity index (χ0n) is 11.8. The van der Waals surface area contributed by atoms with Crippen LogP contribution in [0.5, 0.6) is 5.88 Å². The maximum atomic E-state index is 12.3. The predicted molar refractivity (Wildman–Crippen MR) is 81.4 cm³/mol. The van der Waals surface area contributed by atoms with Gasteiger partial charge < -0.3 is 5.11 Å². The quantitative estimate of drug-likeness (QED) is 0.688. The summed E-state index contributed by atoms with van der Waals surface area (Å²) in [7, 11) is 0. The first-order valence-corrected chi connectivity index (χ1v) is 7.50. The van der Waals surface area contributed by atoms with E-state index in [1.54, 1.807) is 13.8 Å². The predicted octanol–water partition coefficient (Wildman–Crippen LogP) is 2.70. The SMILES string of the molecule is CCn1c(O)c(N=Nc2nnc(C)s2)c(=O)n(CC)c1=S. The lowest BCUT2D eigenvalue weighted by molar-refractivity contribution is 0.402. The van der Waals surface area contributed by atoms with E-state index in [4.69, 9.17) is 12.2 Å². The molecular formula is C11H14N6O2S2. The highest BCUT2D eigenvalue weighted by Crippen LogP contribution is 2.26. The topological polar surface area (TPSA) is 97.7 Å². The highest BCUT2D eigenvalue weighted by Gasteiger charge is 2.15. The fourth-order valence-corrected chi connectivity index (χ4v) is 2.68. The van der Waals surface area contributed by atoms with Gasteiger partial charge in [-0.1, -0.05) is 11.3 Å². The number of aromatic hydroxyl groups is 1. The molecule has 0 unspecified atom stereocenters. The first kappa shape index (κ1) is 15.4. The number of aryl methyl sites for hydroxylation is 1. The highest BCUT2D eigenvalue weighted by atomic mass is 32.1. The molecule has 0 radical (unpaired) electrons. The van der Waals surface area contributed by atoms with Crippen LogP contribution in [0, 0.1) is 11.7 Å². The van der Waals surface area contributed by atoms with Crippen LogP contribution in [-0.2, 0) is 13.1 Å². The molecule has 10 heteroatoms. The third-order valence-corrected chi connectivity index (χ3v) is 3.92. The Morgan fingerprint density at radius 2 is 1.90 bits per heavy atom. The molecule has 112 valence electrons. The second-order valence-corrected chi connectivity index (χ2v) is 5.58. The summed E-state index contributed by atoms with van der Waals surface area (Å²) < 4.78 is 3.05. The maximum absolute atomic E-state index is 12.3. The Kier molecular flexibility index (Phi) is 4.58. The molecule has 21 heavy (non-hydrogen) atoms. The van der Waals surface area contributed by atoms with Crippen molar-refractivity contribution in [3.8, 4) is 5.88 Å². The van der Waals surface area contributed by atoms with Crippen molar-refractivity contribution in [2.75, 3.05) is 0 Å². The molecule has 0 atom stereocenters. The molecule has 0 aliphatic heterocycles. The molecule has 0 bridgehead atoms. The number of aromatic nitrogens is 4. The van der Waals surface area contributed by atoms with Crippen LogP contribution >= 0.6 is 23.6 Å². The highest BCUT2D eigenvalue weighted by molar-refractivity contribution is 7.71. The van der Waals surface area contributed by atoms with E-state index in [0.717, 1.165) is 5.01 Å². The van der Waals surface area contributed by atoms with Crippen molar-refractivity contribution < 1.29 is 5.11 Å². The van der Waals surface area contributed by atoms with Gasteiger partial charge in [-0.15, -0.1) is 20.4 Å². The minimum absolute atomic E-state index is 0.153. The molecule has 2 rings (SSSR count). The molecule has 2 heterocycles. The van der Waals surface area contributed by atoms with Crippen molar-refractivity contribution in [3.05, 3.63) is 20.1 Å². The zero-order valence-corrected chi connectivity index (χ0v) is 13.4. The van der Waals surface area contributed by atoms with Gasteiger partial charge in [0.25, 0.3) is 10.7 Å². The summed E-state index contributed by atoms with van der Waals surface area (Å²) in [5.74, 6) is -0.290. The summed E-state index contributed by atoms with van der Waals surface area (Å²) >= 11 is 6.42. The molecule has 0 saturated carbocycles. The lowest BCUT2D eigenvalue weighted by atomic mass is 10.4. The number of azo groups is 1. The van der Waals surface area contributed by atoms with Gasteiger partial charge in [0.2, 0.25) is 11.6 Å². The Balaban J connectivity index is 2.60. The van der Waals surface area contributed by atoms with Crippen LogP contribution in [0.25, 0.3) is 0 Å². The molecule has 0 aromatic carbocycles. The Morgan fingerprint density at radius 1 is 1.24 bits per heavy atom. The van der Waals surface area contributed by atoms with Gasteiger partial charge in [-0.25, -0.2) is 0 Å². The van der Waals surface area contributed by atoms with Gasteiger partial charge in [-0.3, -0.25) is 13.9 Å². The van der Waals surface area contributed by atoms with Crippen LogP contribution in [-0.4, -0.2) is 24.4 Å². The molecule has 8 nitrogen and oxygen atoms in total. The Bertz CT molecular complexity index is 804. The molecule has 0 fully saturated rings. The van der Waals surface area contributed by atoms with Gasteiger partial charge in [0.05, 0.1) is 0 Å². The fraction of sp³-hybridized carbons (Fsp3) is 0.455. The number of nitrogens with zero attached hydrogens (tertiary/aromatic N) is 6. The molecule has 2 aromatic rings. The van der Waals surface area contributed by atoms with Gasteiger partial charge in [0.1, 0.15) is 5.01 Å². The first-order chi connectivity index (χ1) is 9.99. The van der Waals surface area contributed by atoms with Gasteiger partial charge in [-0.2, -0.15) is 0 Å². The second-order valence-electron chi connectivity index (χ2n) is 4.05. The van der Waals surface area contributed by atoms with E-state index >= 15 is 0 Å². The van der Waals surface area contributed by atoms with E-state index in [9.17, 15) is 9.90 Å². The van der Waals surface area contributed by atoms with Crippen molar-refractivity contribution in [2.45, 2.75) is 33.9 Å². The molecule has 0 amide bonds. The third-order valence-electron chi connectivity index (χ3n) is 2.76. The monoisotopic (exact) mass is 326 g/mol. The molecular weight excluding hydrogens is 312 g/mol. The van der Waals surface area contributed by atoms with Crippen molar-refractivity contribution >= 4 is 34.4 Å². The van der Waals surface area contributed by atoms with Gasteiger partial charge in [0.15, 0.2) is 4.77 Å². The zero-order chi connectivity index (χ0) is 15.6. The first-order valence-electron chi connectivity index (χ1n) is 6.28. The second kappa shape index (κ2) is 6.22. The largest absolute Gasteiger partial charge is 0.493 e. The van der Waals surface area contributed by atoms with E-state index in [-0.39, 0.29) is 16.3 Å². The lowest BCUT2D eigenvalue weighted by Gasteiger charge is -2.12. The fourth-order valence-electron chi connectivity index (χ4n) is 1.75. The Labute approximate surface area is 129 Å². The van der Waals surface area contributed by atoms with E-state index in [1.807, 2.05) is 6.92 Å². The maximum Gasteiger partial charge on any atom is 0.286 e. The van der Waals surface area contributed by atoms with Gasteiger partial charge in [-0.05, 0) is 33.0 Å². The molecule has 0 spiro atoms. The van der Waals surface area contributed by atoms with Crippen molar-refractivity contribution in [1.29, 1.82) is 0 Å². The van der Waals surface area contributed by atoms with E-state index in [1.165, 1.54) is 20.5 Å². The van der Waals surface area contributed by atoms with E-state index in [2.05, 4.69) is 20.4 Å². The smallest absolute Gasteiger partial charge is 0.286 e. The lowest BCUT2D eigenvalue weighted by Crippen LogP contribution is -2.24. The van der Waals surface area contributed by atoms with Crippen LogP contribution in [0.1, 0.15) is 18.9 Å². The van der Waals surface area contributed by atoms with Crippen LogP contribution < -0.4 is 5.56 Å². The normalized spacial score (nSPS) is 11.4. The third kappa shape index (κ3) is 2.90. The average Bonchev–Trinajstić information content (AvgIpc) is 2.85. The van der Waals surface area contributed by atoms with E-state index < -0.39 is 5.56 Å². The minimum atomic E-state index is -0.477. The van der Waals surface area contributed by atoms with Crippen molar-refractivity contribution in [2.24, 2.45) is 10.2 Å². The summed E-state index contributed by atoms with van der Waals surface area (Å²) in [5.41, 5.74) is -0.630.